The van der Waals surface area contributed by atoms with Gasteiger partial charge in [-0.2, -0.15) is 0 Å². The summed E-state index contributed by atoms with van der Waals surface area (Å²) in [5.74, 6) is 0.0958. The Kier molecular flexibility index (Phi) is 4.11. The van der Waals surface area contributed by atoms with E-state index in [0.29, 0.717) is 0 Å². The third-order valence-electron chi connectivity index (χ3n) is 4.01. The van der Waals surface area contributed by atoms with Gasteiger partial charge in [0.15, 0.2) is 5.78 Å². The van der Waals surface area contributed by atoms with Gasteiger partial charge in [-0.1, -0.05) is 18.2 Å². The van der Waals surface area contributed by atoms with Crippen LogP contribution in [0.25, 0.3) is 0 Å². The highest BCUT2D eigenvalue weighted by Crippen LogP contribution is 2.37. The van der Waals surface area contributed by atoms with E-state index in [9.17, 15) is 4.79 Å². The molecule has 0 unspecified atom stereocenters. The van der Waals surface area contributed by atoms with E-state index in [0.717, 1.165) is 28.7 Å². The third-order valence-corrected chi connectivity index (χ3v) is 4.64. The van der Waals surface area contributed by atoms with E-state index in [4.69, 9.17) is 0 Å². The minimum atomic E-state index is 0.0958. The molecule has 1 heterocycles. The molecule has 1 aliphatic rings. The molecule has 108 valence electrons. The van der Waals surface area contributed by atoms with Crippen LogP contribution in [0.4, 0.5) is 11.4 Å². The van der Waals surface area contributed by atoms with Gasteiger partial charge in [0.25, 0.3) is 0 Å². The molecule has 0 saturated carbocycles. The molecule has 0 bridgehead atoms. The lowest BCUT2D eigenvalue weighted by atomic mass is 10.1. The van der Waals surface area contributed by atoms with Crippen molar-refractivity contribution in [2.24, 2.45) is 0 Å². The van der Waals surface area contributed by atoms with Crippen molar-refractivity contribution < 1.29 is 4.79 Å². The maximum atomic E-state index is 11.5. The first-order valence-corrected chi connectivity index (χ1v) is 8.12. The first-order chi connectivity index (χ1) is 10.2. The Hall–Kier alpha value is -1.61. The number of hydrogen-bond acceptors (Lipinski definition) is 2. The minimum absolute atomic E-state index is 0.0958. The molecule has 2 nitrogen and oxygen atoms in total. The molecule has 0 N–H and O–H groups in total. The second-order valence-electron chi connectivity index (χ2n) is 5.46. The second kappa shape index (κ2) is 6.02. The summed E-state index contributed by atoms with van der Waals surface area (Å²) in [6, 6.07) is 14.5. The van der Waals surface area contributed by atoms with Gasteiger partial charge in [0.05, 0.1) is 5.69 Å². The van der Waals surface area contributed by atoms with Crippen LogP contribution < -0.4 is 4.90 Å². The van der Waals surface area contributed by atoms with Crippen molar-refractivity contribution in [1.29, 1.82) is 0 Å². The second-order valence-corrected chi connectivity index (χ2v) is 6.31. The van der Waals surface area contributed by atoms with E-state index in [2.05, 4.69) is 45.1 Å². The predicted molar refractivity (Wildman–Crippen MR) is 90.5 cm³/mol. The van der Waals surface area contributed by atoms with Crippen LogP contribution in [0.3, 0.4) is 0 Å². The molecule has 21 heavy (non-hydrogen) atoms. The van der Waals surface area contributed by atoms with Gasteiger partial charge in [-0.3, -0.25) is 4.79 Å². The van der Waals surface area contributed by atoms with Crippen LogP contribution in [-0.2, 0) is 6.42 Å². The fourth-order valence-electron chi connectivity index (χ4n) is 2.89. The summed E-state index contributed by atoms with van der Waals surface area (Å²) < 4.78 is 0.979. The molecule has 2 aromatic rings. The summed E-state index contributed by atoms with van der Waals surface area (Å²) >= 11 is 3.63. The van der Waals surface area contributed by atoms with E-state index >= 15 is 0 Å². The zero-order valence-electron chi connectivity index (χ0n) is 12.1. The number of carbonyl (C=O) groups is 1. The van der Waals surface area contributed by atoms with E-state index < -0.39 is 0 Å². The van der Waals surface area contributed by atoms with Crippen molar-refractivity contribution in [3.8, 4) is 0 Å². The molecule has 3 rings (SSSR count). The molecule has 1 aliphatic heterocycles. The maximum absolute atomic E-state index is 11.5. The molecular formula is C18H18BrNO. The number of fused-ring (bicyclic) bond motifs is 1. The molecule has 0 atom stereocenters. The van der Waals surface area contributed by atoms with Crippen LogP contribution in [0.5, 0.6) is 0 Å². The number of nitrogens with zero attached hydrogens (tertiary/aromatic N) is 1. The molecule has 0 spiro atoms. The number of aryl methyl sites for hydroxylation is 1. The number of carbonyl (C=O) groups excluding carboxylic acids is 1. The number of Topliss-reactive ketones (excluding diaryl/α,β-unsaturated/α-hetero) is 1. The number of rotatable bonds is 2. The quantitative estimate of drug-likeness (QED) is 0.704. The van der Waals surface area contributed by atoms with Crippen LogP contribution >= 0.6 is 15.9 Å². The summed E-state index contributed by atoms with van der Waals surface area (Å²) in [7, 11) is 0. The molecule has 3 heteroatoms. The lowest BCUT2D eigenvalue weighted by Crippen LogP contribution is -2.18. The van der Waals surface area contributed by atoms with Crippen molar-refractivity contribution in [1.82, 2.24) is 0 Å². The van der Waals surface area contributed by atoms with Gasteiger partial charge in [-0.05, 0) is 71.9 Å². The highest BCUT2D eigenvalue weighted by molar-refractivity contribution is 9.10. The minimum Gasteiger partial charge on any atom is -0.340 e. The Morgan fingerprint density at radius 2 is 1.90 bits per heavy atom. The van der Waals surface area contributed by atoms with Crippen LogP contribution in [-0.4, -0.2) is 12.3 Å². The fourth-order valence-corrected chi connectivity index (χ4v) is 3.48. The van der Waals surface area contributed by atoms with Gasteiger partial charge in [-0.15, -0.1) is 0 Å². The molecule has 0 amide bonds. The number of para-hydroxylation sites is 1. The molecule has 2 aromatic carbocycles. The first-order valence-electron chi connectivity index (χ1n) is 7.33. The summed E-state index contributed by atoms with van der Waals surface area (Å²) in [4.78, 5) is 13.9. The summed E-state index contributed by atoms with van der Waals surface area (Å²) in [5.41, 5.74) is 4.56. The number of hydrogen-bond donors (Lipinski definition) is 0. The molecule has 0 saturated heterocycles. The van der Waals surface area contributed by atoms with Crippen LogP contribution in [0, 0.1) is 0 Å². The van der Waals surface area contributed by atoms with Crippen LogP contribution in [0.2, 0.25) is 0 Å². The smallest absolute Gasteiger partial charge is 0.159 e. The highest BCUT2D eigenvalue weighted by Gasteiger charge is 2.18. The average Bonchev–Trinajstić information content (AvgIpc) is 2.69. The SMILES string of the molecule is CC(=O)c1ccc(N2CCCCc3ccccc32)c(Br)c1. The Morgan fingerprint density at radius 1 is 1.10 bits per heavy atom. The summed E-state index contributed by atoms with van der Waals surface area (Å²) in [5, 5.41) is 0. The summed E-state index contributed by atoms with van der Waals surface area (Å²) in [6.45, 7) is 2.61. The Labute approximate surface area is 133 Å². The fraction of sp³-hybridized carbons (Fsp3) is 0.278. The van der Waals surface area contributed by atoms with Crippen LogP contribution in [0.1, 0.15) is 35.7 Å². The number of anilines is 2. The van der Waals surface area contributed by atoms with Gasteiger partial charge < -0.3 is 4.90 Å². The topological polar surface area (TPSA) is 20.3 Å². The standard InChI is InChI=1S/C18H18BrNO/c1-13(21)15-9-10-18(16(19)12-15)20-11-5-4-7-14-6-2-3-8-17(14)20/h2-3,6,8-10,12H,4-5,7,11H2,1H3. The van der Waals surface area contributed by atoms with E-state index in [1.807, 2.05) is 18.2 Å². The van der Waals surface area contributed by atoms with Gasteiger partial charge in [-0.25, -0.2) is 0 Å². The average molecular weight is 344 g/mol. The van der Waals surface area contributed by atoms with Crippen molar-refractivity contribution in [3.63, 3.8) is 0 Å². The number of halogens is 1. The maximum Gasteiger partial charge on any atom is 0.159 e. The van der Waals surface area contributed by atoms with E-state index in [-0.39, 0.29) is 5.78 Å². The van der Waals surface area contributed by atoms with Crippen molar-refractivity contribution in [2.75, 3.05) is 11.4 Å². The van der Waals surface area contributed by atoms with Crippen LogP contribution in [0.15, 0.2) is 46.9 Å². The van der Waals surface area contributed by atoms with Gasteiger partial charge in [0.2, 0.25) is 0 Å². The molecule has 0 radical (unpaired) electrons. The van der Waals surface area contributed by atoms with E-state index in [1.54, 1.807) is 6.92 Å². The third kappa shape index (κ3) is 2.88. The normalized spacial score (nSPS) is 14.5. The lowest BCUT2D eigenvalue weighted by Gasteiger charge is -2.26. The molecule has 0 aliphatic carbocycles. The van der Waals surface area contributed by atoms with E-state index in [1.165, 1.54) is 24.1 Å². The van der Waals surface area contributed by atoms with Crippen molar-refractivity contribution in [2.45, 2.75) is 26.2 Å². The largest absolute Gasteiger partial charge is 0.340 e. The van der Waals surface area contributed by atoms with Gasteiger partial charge in [0, 0.05) is 22.3 Å². The van der Waals surface area contributed by atoms with Crippen molar-refractivity contribution in [3.05, 3.63) is 58.1 Å². The zero-order chi connectivity index (χ0) is 14.8. The monoisotopic (exact) mass is 343 g/mol. The van der Waals surface area contributed by atoms with Gasteiger partial charge >= 0.3 is 0 Å². The Balaban J connectivity index is 2.06. The first kappa shape index (κ1) is 14.3. The number of benzene rings is 2. The lowest BCUT2D eigenvalue weighted by molar-refractivity contribution is 0.101. The predicted octanol–water partition coefficient (Wildman–Crippen LogP) is 5.13. The Bertz CT molecular complexity index is 681. The summed E-state index contributed by atoms with van der Waals surface area (Å²) in [6.07, 6.45) is 3.53. The number of ketones is 1. The Morgan fingerprint density at radius 3 is 2.67 bits per heavy atom. The molecule has 0 fully saturated rings. The van der Waals surface area contributed by atoms with Crippen molar-refractivity contribution >= 4 is 33.1 Å². The zero-order valence-corrected chi connectivity index (χ0v) is 13.7. The molecule has 0 aromatic heterocycles. The molecular weight excluding hydrogens is 326 g/mol. The van der Waals surface area contributed by atoms with Gasteiger partial charge in [0.1, 0.15) is 0 Å². The highest BCUT2D eigenvalue weighted by atomic mass is 79.9.